The average Bonchev–Trinajstić information content (AvgIpc) is 2.44. The molecule has 20 heavy (non-hydrogen) atoms. The normalized spacial score (nSPS) is 15.3. The second-order valence-corrected chi connectivity index (χ2v) is 9.96. The van der Waals surface area contributed by atoms with Crippen LogP contribution in [0.5, 0.6) is 0 Å². The van der Waals surface area contributed by atoms with Crippen LogP contribution in [-0.4, -0.2) is 18.3 Å². The van der Waals surface area contributed by atoms with Crippen LogP contribution in [0.15, 0.2) is 48.5 Å². The molecule has 2 heteroatoms. The molecular formula is C18H21Si2. The zero-order chi connectivity index (χ0) is 13.9. The lowest BCUT2D eigenvalue weighted by molar-refractivity contribution is 0.725. The van der Waals surface area contributed by atoms with E-state index in [1.54, 1.807) is 10.8 Å². The van der Waals surface area contributed by atoms with E-state index in [2.05, 4.69) is 62.4 Å². The number of benzene rings is 2. The van der Waals surface area contributed by atoms with E-state index in [-0.39, 0.29) is 0 Å². The summed E-state index contributed by atoms with van der Waals surface area (Å²) in [7, 11) is 0.432. The molecule has 0 amide bonds. The Bertz CT molecular complexity index is 589. The van der Waals surface area contributed by atoms with E-state index in [0.717, 1.165) is 15.4 Å². The first-order valence-electron chi connectivity index (χ1n) is 7.47. The second-order valence-electron chi connectivity index (χ2n) is 6.13. The second kappa shape index (κ2) is 6.10. The van der Waals surface area contributed by atoms with Crippen LogP contribution in [0, 0.1) is 5.92 Å². The summed E-state index contributed by atoms with van der Waals surface area (Å²) in [4.78, 5) is 0. The fourth-order valence-electron chi connectivity index (χ4n) is 2.93. The molecule has 0 aromatic heterocycles. The summed E-state index contributed by atoms with van der Waals surface area (Å²) in [5.41, 5.74) is 3.08. The van der Waals surface area contributed by atoms with Gasteiger partial charge in [0.1, 0.15) is 0 Å². The van der Waals surface area contributed by atoms with Crippen LogP contribution in [0.25, 0.3) is 0 Å². The highest BCUT2D eigenvalue weighted by molar-refractivity contribution is 6.72. The molecule has 2 aromatic rings. The van der Waals surface area contributed by atoms with Crippen molar-refractivity contribution in [1.29, 1.82) is 0 Å². The Labute approximate surface area is 126 Å². The van der Waals surface area contributed by atoms with Gasteiger partial charge in [-0.1, -0.05) is 89.9 Å². The third-order valence-corrected chi connectivity index (χ3v) is 8.41. The summed E-state index contributed by atoms with van der Waals surface area (Å²) in [6.07, 6.45) is 0. The van der Waals surface area contributed by atoms with Crippen LogP contribution in [0.2, 0.25) is 6.04 Å². The molecule has 0 fully saturated rings. The van der Waals surface area contributed by atoms with Crippen LogP contribution in [0.3, 0.4) is 0 Å². The maximum Gasteiger partial charge on any atom is 0.0904 e. The van der Waals surface area contributed by atoms with Crippen LogP contribution in [-0.2, 0) is 12.1 Å². The van der Waals surface area contributed by atoms with Crippen molar-refractivity contribution in [2.45, 2.75) is 32.0 Å². The molecule has 1 heterocycles. The molecule has 0 nitrogen and oxygen atoms in total. The lowest BCUT2D eigenvalue weighted by Gasteiger charge is -2.20. The van der Waals surface area contributed by atoms with Crippen molar-refractivity contribution in [2.24, 2.45) is 5.92 Å². The smallest absolute Gasteiger partial charge is 0.0636 e. The zero-order valence-electron chi connectivity index (χ0n) is 12.3. The number of rotatable bonds is 2. The molecule has 0 saturated carbocycles. The lowest BCUT2D eigenvalue weighted by atomic mass is 10.2. The quantitative estimate of drug-likeness (QED) is 0.747. The SMILES string of the molecule is CC(C)C[Si]1Cc2cccc(c2)[Si]Cc2cccc1c2. The summed E-state index contributed by atoms with van der Waals surface area (Å²) in [6.45, 7) is 4.72. The first-order valence-corrected chi connectivity index (χ1v) is 10.6. The highest BCUT2D eigenvalue weighted by Gasteiger charge is 2.18. The number of fused-ring (bicyclic) bond motifs is 4. The molecule has 0 saturated heterocycles. The van der Waals surface area contributed by atoms with Gasteiger partial charge in [0.2, 0.25) is 0 Å². The third kappa shape index (κ3) is 3.30. The average molecular weight is 294 g/mol. The zero-order valence-corrected chi connectivity index (χ0v) is 14.3. The number of hydrogen-bond acceptors (Lipinski definition) is 0. The minimum absolute atomic E-state index is 0.476. The fourth-order valence-corrected chi connectivity index (χ4v) is 7.06. The van der Waals surface area contributed by atoms with Gasteiger partial charge in [0.25, 0.3) is 0 Å². The van der Waals surface area contributed by atoms with E-state index in [4.69, 9.17) is 0 Å². The maximum atomic E-state index is 2.50. The molecule has 4 bridgehead atoms. The standard InChI is InChI=1S/C18H21Si2/c1-14(2)12-20-13-16-6-3-7-17(9-16)19-11-15-5-4-8-18(20)10-15/h3-10,14H,11-13H2,1-2H3. The van der Waals surface area contributed by atoms with E-state index in [1.807, 2.05) is 0 Å². The predicted molar refractivity (Wildman–Crippen MR) is 90.7 cm³/mol. The summed E-state index contributed by atoms with van der Waals surface area (Å²) in [5.74, 6) is 0.792. The van der Waals surface area contributed by atoms with Gasteiger partial charge in [-0.25, -0.2) is 0 Å². The van der Waals surface area contributed by atoms with Crippen molar-refractivity contribution in [1.82, 2.24) is 0 Å². The molecule has 0 N–H and O–H groups in total. The van der Waals surface area contributed by atoms with Crippen LogP contribution in [0.1, 0.15) is 25.0 Å². The van der Waals surface area contributed by atoms with Crippen LogP contribution < -0.4 is 10.4 Å². The molecule has 0 spiro atoms. The molecule has 0 atom stereocenters. The highest BCUT2D eigenvalue weighted by atomic mass is 28.3. The Morgan fingerprint density at radius 3 is 2.70 bits per heavy atom. The monoisotopic (exact) mass is 293 g/mol. The van der Waals surface area contributed by atoms with Gasteiger partial charge in [-0.15, -0.1) is 0 Å². The fraction of sp³-hybridized carbons (Fsp3) is 0.333. The van der Waals surface area contributed by atoms with Gasteiger partial charge in [0.05, 0.1) is 18.3 Å². The van der Waals surface area contributed by atoms with Gasteiger partial charge in [-0.3, -0.25) is 0 Å². The maximum absolute atomic E-state index is 2.50. The summed E-state index contributed by atoms with van der Waals surface area (Å²) >= 11 is 0. The minimum Gasteiger partial charge on any atom is -0.0636 e. The van der Waals surface area contributed by atoms with Crippen molar-refractivity contribution in [3.8, 4) is 0 Å². The van der Waals surface area contributed by atoms with Crippen molar-refractivity contribution in [2.75, 3.05) is 0 Å². The van der Waals surface area contributed by atoms with E-state index in [9.17, 15) is 0 Å². The minimum atomic E-state index is -0.476. The van der Waals surface area contributed by atoms with Crippen molar-refractivity contribution in [3.63, 3.8) is 0 Å². The van der Waals surface area contributed by atoms with E-state index < -0.39 is 8.80 Å². The van der Waals surface area contributed by atoms with Gasteiger partial charge < -0.3 is 0 Å². The van der Waals surface area contributed by atoms with Crippen molar-refractivity contribution < 1.29 is 0 Å². The molecule has 2 aromatic carbocycles. The van der Waals surface area contributed by atoms with Crippen molar-refractivity contribution in [3.05, 3.63) is 59.7 Å². The Morgan fingerprint density at radius 1 is 1.05 bits per heavy atom. The van der Waals surface area contributed by atoms with E-state index >= 15 is 0 Å². The predicted octanol–water partition coefficient (Wildman–Crippen LogP) is 2.67. The topological polar surface area (TPSA) is 0 Å². The molecule has 1 aliphatic heterocycles. The molecule has 1 aliphatic rings. The van der Waals surface area contributed by atoms with Crippen LogP contribution in [0.4, 0.5) is 0 Å². The van der Waals surface area contributed by atoms with E-state index in [1.165, 1.54) is 28.9 Å². The molecule has 0 unspecified atom stereocenters. The first kappa shape index (κ1) is 13.8. The third-order valence-electron chi connectivity index (χ3n) is 3.83. The Balaban J connectivity index is 1.99. The van der Waals surface area contributed by atoms with Gasteiger partial charge in [0.15, 0.2) is 0 Å². The van der Waals surface area contributed by atoms with Crippen molar-refractivity contribution >= 4 is 28.7 Å². The lowest BCUT2D eigenvalue weighted by Crippen LogP contribution is -2.35. The Hall–Kier alpha value is -1.13. The molecule has 3 rings (SSSR count). The largest absolute Gasteiger partial charge is 0.0904 e. The molecular weight excluding hydrogens is 272 g/mol. The Morgan fingerprint density at radius 2 is 1.85 bits per heavy atom. The summed E-state index contributed by atoms with van der Waals surface area (Å²) < 4.78 is 0. The van der Waals surface area contributed by atoms with Crippen LogP contribution >= 0.6 is 0 Å². The molecule has 3 radical (unpaired) electrons. The van der Waals surface area contributed by atoms with Gasteiger partial charge in [0, 0.05) is 0 Å². The number of hydrogen-bond donors (Lipinski definition) is 0. The summed E-state index contributed by atoms with van der Waals surface area (Å²) in [6, 6.07) is 22.6. The first-order chi connectivity index (χ1) is 9.70. The van der Waals surface area contributed by atoms with Gasteiger partial charge in [-0.2, -0.15) is 0 Å². The molecule has 0 aliphatic carbocycles. The highest BCUT2D eigenvalue weighted by Crippen LogP contribution is 2.13. The summed E-state index contributed by atoms with van der Waals surface area (Å²) in [5, 5.41) is 3.17. The van der Waals surface area contributed by atoms with Gasteiger partial charge in [-0.05, 0) is 18.0 Å². The van der Waals surface area contributed by atoms with Gasteiger partial charge >= 0.3 is 0 Å². The molecule has 101 valence electrons. The Kier molecular flexibility index (Phi) is 4.22. The van der Waals surface area contributed by atoms with E-state index in [0.29, 0.717) is 0 Å².